The highest BCUT2D eigenvalue weighted by Crippen LogP contribution is 2.12. The predicted octanol–water partition coefficient (Wildman–Crippen LogP) is 0.274. The summed E-state index contributed by atoms with van der Waals surface area (Å²) in [5.74, 6) is 0. The first-order valence-electron chi connectivity index (χ1n) is 6.07. The molecule has 17 heavy (non-hydrogen) atoms. The van der Waals surface area contributed by atoms with Gasteiger partial charge in [0, 0.05) is 25.2 Å². The summed E-state index contributed by atoms with van der Waals surface area (Å²) < 4.78 is 13.1. The molecule has 5 nitrogen and oxygen atoms in total. The van der Waals surface area contributed by atoms with E-state index >= 15 is 0 Å². The molecule has 0 radical (unpaired) electrons. The van der Waals surface area contributed by atoms with Crippen molar-refractivity contribution in [3.63, 3.8) is 0 Å². The highest BCUT2D eigenvalue weighted by atomic mass is 16.6. The minimum absolute atomic E-state index is 0.129. The number of aromatic nitrogens is 2. The molecule has 2 atom stereocenters. The van der Waals surface area contributed by atoms with Gasteiger partial charge in [-0.25, -0.2) is 0 Å². The van der Waals surface area contributed by atoms with Crippen molar-refractivity contribution in [2.75, 3.05) is 26.9 Å². The van der Waals surface area contributed by atoms with Crippen LogP contribution in [-0.2, 0) is 22.9 Å². The fourth-order valence-electron chi connectivity index (χ4n) is 2.24. The van der Waals surface area contributed by atoms with Crippen molar-refractivity contribution >= 4 is 0 Å². The molecule has 5 heteroatoms. The molecule has 1 fully saturated rings. The van der Waals surface area contributed by atoms with Crippen LogP contribution in [-0.4, -0.2) is 48.8 Å². The zero-order valence-corrected chi connectivity index (χ0v) is 10.8. The molecule has 0 spiro atoms. The number of rotatable bonds is 4. The Morgan fingerprint density at radius 1 is 1.59 bits per heavy atom. The van der Waals surface area contributed by atoms with Crippen LogP contribution in [0.4, 0.5) is 0 Å². The molecular weight excluding hydrogens is 218 g/mol. The lowest BCUT2D eigenvalue weighted by Gasteiger charge is -2.30. The minimum Gasteiger partial charge on any atom is -0.376 e. The van der Waals surface area contributed by atoms with Crippen LogP contribution in [0.5, 0.6) is 0 Å². The fourth-order valence-corrected chi connectivity index (χ4v) is 2.24. The smallest absolute Gasteiger partial charge is 0.0965 e. The molecule has 0 saturated carbocycles. The first-order chi connectivity index (χ1) is 8.20. The van der Waals surface area contributed by atoms with E-state index in [4.69, 9.17) is 9.47 Å². The number of nitrogens with zero attached hydrogens (tertiary/aromatic N) is 2. The van der Waals surface area contributed by atoms with Gasteiger partial charge in [-0.15, -0.1) is 0 Å². The second kappa shape index (κ2) is 5.62. The molecule has 2 unspecified atom stereocenters. The van der Waals surface area contributed by atoms with Crippen molar-refractivity contribution in [3.05, 3.63) is 17.5 Å². The van der Waals surface area contributed by atoms with Crippen molar-refractivity contribution in [3.8, 4) is 0 Å². The Morgan fingerprint density at radius 2 is 2.41 bits per heavy atom. The maximum absolute atomic E-state index is 5.73. The van der Waals surface area contributed by atoms with E-state index in [1.54, 1.807) is 0 Å². The molecule has 2 rings (SSSR count). The van der Waals surface area contributed by atoms with Crippen molar-refractivity contribution in [1.82, 2.24) is 15.1 Å². The van der Waals surface area contributed by atoms with Gasteiger partial charge in [0.2, 0.25) is 0 Å². The monoisotopic (exact) mass is 239 g/mol. The number of aryl methyl sites for hydroxylation is 2. The standard InChI is InChI=1S/C12H21N3O2/c1-9-6-10(15(3)14-9)7-11(13-2)12-8-16-4-5-17-12/h6,11-13H,4-5,7-8H2,1-3H3. The van der Waals surface area contributed by atoms with E-state index < -0.39 is 0 Å². The van der Waals surface area contributed by atoms with Crippen LogP contribution in [0.2, 0.25) is 0 Å². The third-order valence-corrected chi connectivity index (χ3v) is 3.19. The number of ether oxygens (including phenoxy) is 2. The highest BCUT2D eigenvalue weighted by molar-refractivity contribution is 5.10. The second-order valence-corrected chi connectivity index (χ2v) is 4.48. The van der Waals surface area contributed by atoms with Crippen LogP contribution in [0.25, 0.3) is 0 Å². The average Bonchev–Trinajstić information content (AvgIpc) is 2.66. The van der Waals surface area contributed by atoms with Gasteiger partial charge in [0.1, 0.15) is 0 Å². The fraction of sp³-hybridized carbons (Fsp3) is 0.750. The Labute approximate surface area is 102 Å². The summed E-state index contributed by atoms with van der Waals surface area (Å²) in [6.07, 6.45) is 1.03. The maximum atomic E-state index is 5.73. The summed E-state index contributed by atoms with van der Waals surface area (Å²) >= 11 is 0. The van der Waals surface area contributed by atoms with Gasteiger partial charge in [-0.05, 0) is 20.0 Å². The Kier molecular flexibility index (Phi) is 4.15. The quantitative estimate of drug-likeness (QED) is 0.819. The van der Waals surface area contributed by atoms with Crippen LogP contribution >= 0.6 is 0 Å². The molecule has 1 aliphatic heterocycles. The number of nitrogens with one attached hydrogen (secondary N) is 1. The molecule has 2 heterocycles. The Bertz CT molecular complexity index is 359. The second-order valence-electron chi connectivity index (χ2n) is 4.48. The lowest BCUT2D eigenvalue weighted by atomic mass is 10.1. The van der Waals surface area contributed by atoms with Gasteiger partial charge in [-0.1, -0.05) is 0 Å². The normalized spacial score (nSPS) is 22.6. The van der Waals surface area contributed by atoms with Crippen molar-refractivity contribution in [1.29, 1.82) is 0 Å². The van der Waals surface area contributed by atoms with E-state index in [0.29, 0.717) is 19.8 Å². The summed E-state index contributed by atoms with van der Waals surface area (Å²) in [6, 6.07) is 2.39. The van der Waals surface area contributed by atoms with Gasteiger partial charge in [0.05, 0.1) is 31.6 Å². The van der Waals surface area contributed by atoms with Crippen LogP contribution < -0.4 is 5.32 Å². The zero-order valence-electron chi connectivity index (χ0n) is 10.8. The lowest BCUT2D eigenvalue weighted by Crippen LogP contribution is -2.46. The van der Waals surface area contributed by atoms with Crippen LogP contribution in [0, 0.1) is 6.92 Å². The predicted molar refractivity (Wildman–Crippen MR) is 65.1 cm³/mol. The largest absolute Gasteiger partial charge is 0.376 e. The van der Waals surface area contributed by atoms with Gasteiger partial charge in [-0.3, -0.25) is 4.68 Å². The number of hydrogen-bond donors (Lipinski definition) is 1. The first kappa shape index (κ1) is 12.5. The molecule has 0 bridgehead atoms. The van der Waals surface area contributed by atoms with Gasteiger partial charge in [0.25, 0.3) is 0 Å². The minimum atomic E-state index is 0.129. The summed E-state index contributed by atoms with van der Waals surface area (Å²) in [5, 5.41) is 7.67. The van der Waals surface area contributed by atoms with Crippen LogP contribution in [0.1, 0.15) is 11.4 Å². The Morgan fingerprint density at radius 3 is 2.94 bits per heavy atom. The molecule has 1 aliphatic rings. The van der Waals surface area contributed by atoms with Crippen LogP contribution in [0.15, 0.2) is 6.07 Å². The van der Waals surface area contributed by atoms with Gasteiger partial charge < -0.3 is 14.8 Å². The van der Waals surface area contributed by atoms with Crippen molar-refractivity contribution in [2.24, 2.45) is 7.05 Å². The van der Waals surface area contributed by atoms with E-state index in [1.807, 2.05) is 25.7 Å². The van der Waals surface area contributed by atoms with Crippen molar-refractivity contribution in [2.45, 2.75) is 25.5 Å². The van der Waals surface area contributed by atoms with E-state index in [9.17, 15) is 0 Å². The topological polar surface area (TPSA) is 48.3 Å². The zero-order chi connectivity index (χ0) is 12.3. The van der Waals surface area contributed by atoms with E-state index in [1.165, 1.54) is 5.69 Å². The molecule has 0 amide bonds. The molecule has 1 aromatic heterocycles. The Hall–Kier alpha value is -0.910. The molecule has 0 aromatic carbocycles. The molecule has 1 saturated heterocycles. The maximum Gasteiger partial charge on any atom is 0.0965 e. The van der Waals surface area contributed by atoms with E-state index in [2.05, 4.69) is 16.5 Å². The summed E-state index contributed by atoms with van der Waals surface area (Å²) in [6.45, 7) is 4.07. The summed E-state index contributed by atoms with van der Waals surface area (Å²) in [5.41, 5.74) is 2.27. The molecule has 1 N–H and O–H groups in total. The average molecular weight is 239 g/mol. The summed E-state index contributed by atoms with van der Waals surface area (Å²) in [4.78, 5) is 0. The molecule has 96 valence electrons. The van der Waals surface area contributed by atoms with Crippen LogP contribution in [0.3, 0.4) is 0 Å². The van der Waals surface area contributed by atoms with Gasteiger partial charge in [0.15, 0.2) is 0 Å². The van der Waals surface area contributed by atoms with Gasteiger partial charge in [-0.2, -0.15) is 5.10 Å². The lowest BCUT2D eigenvalue weighted by molar-refractivity contribution is -0.101. The number of hydrogen-bond acceptors (Lipinski definition) is 4. The molecule has 1 aromatic rings. The highest BCUT2D eigenvalue weighted by Gasteiger charge is 2.25. The number of likely N-dealkylation sites (N-methyl/N-ethyl adjacent to an activating group) is 1. The SMILES string of the molecule is CNC(Cc1cc(C)nn1C)C1COCCO1. The Balaban J connectivity index is 2.01. The van der Waals surface area contributed by atoms with Gasteiger partial charge >= 0.3 is 0 Å². The first-order valence-corrected chi connectivity index (χ1v) is 6.07. The van der Waals surface area contributed by atoms with E-state index in [0.717, 1.165) is 12.1 Å². The third-order valence-electron chi connectivity index (χ3n) is 3.19. The molecular formula is C12H21N3O2. The molecule has 0 aliphatic carbocycles. The van der Waals surface area contributed by atoms with E-state index in [-0.39, 0.29) is 12.1 Å². The van der Waals surface area contributed by atoms with Crippen molar-refractivity contribution < 1.29 is 9.47 Å². The third kappa shape index (κ3) is 3.06. The summed E-state index contributed by atoms with van der Waals surface area (Å²) in [7, 11) is 3.94.